The molecule has 0 radical (unpaired) electrons. The summed E-state index contributed by atoms with van der Waals surface area (Å²) in [6.07, 6.45) is 7.36. The maximum absolute atomic E-state index is 11.3. The van der Waals surface area contributed by atoms with Gasteiger partial charge in [-0.25, -0.2) is 0 Å². The Morgan fingerprint density at radius 1 is 1.18 bits per heavy atom. The van der Waals surface area contributed by atoms with Gasteiger partial charge in [-0.2, -0.15) is 0 Å². The van der Waals surface area contributed by atoms with Crippen LogP contribution in [0.25, 0.3) is 0 Å². The topological polar surface area (TPSA) is 26.3 Å². The molecule has 0 heterocycles. The molecule has 1 aliphatic carbocycles. The number of rotatable bonds is 4. The Morgan fingerprint density at radius 2 is 1.82 bits per heavy atom. The van der Waals surface area contributed by atoms with E-state index in [1.165, 1.54) is 32.1 Å². The highest BCUT2D eigenvalue weighted by atomic mass is 16.5. The van der Waals surface area contributed by atoms with Crippen LogP contribution in [0.2, 0.25) is 0 Å². The highest BCUT2D eigenvalue weighted by molar-refractivity contribution is 5.63. The van der Waals surface area contributed by atoms with E-state index in [1.807, 2.05) is 24.3 Å². The molecule has 1 aliphatic rings. The number of ether oxygens (including phenoxy) is 1. The van der Waals surface area contributed by atoms with Crippen molar-refractivity contribution in [3.8, 4) is 5.75 Å². The Hall–Kier alpha value is -1.31. The predicted octanol–water partition coefficient (Wildman–Crippen LogP) is 3.56. The number of carbonyl (C=O) groups is 1. The molecule has 17 heavy (non-hydrogen) atoms. The zero-order valence-corrected chi connectivity index (χ0v) is 10.4. The molecule has 0 spiro atoms. The van der Waals surface area contributed by atoms with Crippen LogP contribution < -0.4 is 4.74 Å². The molecular formula is C15H20O2. The summed E-state index contributed by atoms with van der Waals surface area (Å²) in [7, 11) is 1.66. The van der Waals surface area contributed by atoms with Crippen molar-refractivity contribution in [2.75, 3.05) is 7.11 Å². The standard InChI is InChI=1S/C15H20O2/c1-17-14-9-7-13(8-10-14)15(11-16)12-5-3-2-4-6-12/h7-12,15H,2-6H2,1H3/t15-/m1/s1. The molecule has 0 bridgehead atoms. The van der Waals surface area contributed by atoms with Gasteiger partial charge in [0.25, 0.3) is 0 Å². The summed E-state index contributed by atoms with van der Waals surface area (Å²) in [6.45, 7) is 0. The normalized spacial score (nSPS) is 18.6. The van der Waals surface area contributed by atoms with Crippen LogP contribution in [0.15, 0.2) is 24.3 Å². The molecule has 0 saturated heterocycles. The average molecular weight is 232 g/mol. The van der Waals surface area contributed by atoms with Gasteiger partial charge in [-0.1, -0.05) is 31.4 Å². The Balaban J connectivity index is 2.12. The molecule has 92 valence electrons. The van der Waals surface area contributed by atoms with E-state index in [0.29, 0.717) is 5.92 Å². The van der Waals surface area contributed by atoms with Crippen LogP contribution in [-0.2, 0) is 4.79 Å². The van der Waals surface area contributed by atoms with Crippen LogP contribution in [0.3, 0.4) is 0 Å². The van der Waals surface area contributed by atoms with Gasteiger partial charge in [-0.3, -0.25) is 0 Å². The smallest absolute Gasteiger partial charge is 0.127 e. The maximum Gasteiger partial charge on any atom is 0.127 e. The molecular weight excluding hydrogens is 212 g/mol. The van der Waals surface area contributed by atoms with Crippen molar-refractivity contribution in [3.63, 3.8) is 0 Å². The molecule has 0 unspecified atom stereocenters. The molecule has 1 atom stereocenters. The number of aldehydes is 1. The molecule has 1 aromatic rings. The van der Waals surface area contributed by atoms with E-state index < -0.39 is 0 Å². The van der Waals surface area contributed by atoms with Crippen LogP contribution in [0.1, 0.15) is 43.6 Å². The second kappa shape index (κ2) is 5.85. The molecule has 1 aromatic carbocycles. The zero-order chi connectivity index (χ0) is 12.1. The van der Waals surface area contributed by atoms with Gasteiger partial charge in [0.2, 0.25) is 0 Å². The van der Waals surface area contributed by atoms with Gasteiger partial charge < -0.3 is 9.53 Å². The lowest BCUT2D eigenvalue weighted by molar-refractivity contribution is -0.110. The number of hydrogen-bond acceptors (Lipinski definition) is 2. The summed E-state index contributed by atoms with van der Waals surface area (Å²) in [4.78, 5) is 11.3. The lowest BCUT2D eigenvalue weighted by Crippen LogP contribution is -2.17. The van der Waals surface area contributed by atoms with Crippen LogP contribution in [0, 0.1) is 5.92 Å². The second-order valence-corrected chi connectivity index (χ2v) is 4.83. The lowest BCUT2D eigenvalue weighted by Gasteiger charge is -2.27. The highest BCUT2D eigenvalue weighted by Crippen LogP contribution is 2.35. The van der Waals surface area contributed by atoms with Crippen molar-refractivity contribution < 1.29 is 9.53 Å². The molecule has 2 heteroatoms. The summed E-state index contributed by atoms with van der Waals surface area (Å²) in [6, 6.07) is 7.92. The van der Waals surface area contributed by atoms with Crippen LogP contribution >= 0.6 is 0 Å². The van der Waals surface area contributed by atoms with E-state index in [-0.39, 0.29) is 5.92 Å². The fourth-order valence-electron chi connectivity index (χ4n) is 2.78. The van der Waals surface area contributed by atoms with E-state index in [0.717, 1.165) is 17.6 Å². The van der Waals surface area contributed by atoms with Crippen molar-refractivity contribution in [1.82, 2.24) is 0 Å². The number of methoxy groups -OCH3 is 1. The van der Waals surface area contributed by atoms with Gasteiger partial charge in [0.15, 0.2) is 0 Å². The van der Waals surface area contributed by atoms with Crippen molar-refractivity contribution in [2.45, 2.75) is 38.0 Å². The first kappa shape index (κ1) is 12.2. The predicted molar refractivity (Wildman–Crippen MR) is 68.4 cm³/mol. The van der Waals surface area contributed by atoms with E-state index in [9.17, 15) is 4.79 Å². The first-order chi connectivity index (χ1) is 8.35. The minimum Gasteiger partial charge on any atom is -0.497 e. The molecule has 2 rings (SSSR count). The maximum atomic E-state index is 11.3. The highest BCUT2D eigenvalue weighted by Gasteiger charge is 2.24. The molecule has 2 nitrogen and oxygen atoms in total. The Morgan fingerprint density at radius 3 is 2.35 bits per heavy atom. The lowest BCUT2D eigenvalue weighted by atomic mass is 9.77. The molecule has 0 amide bonds. The van der Waals surface area contributed by atoms with Crippen LogP contribution in [-0.4, -0.2) is 13.4 Å². The van der Waals surface area contributed by atoms with E-state index in [1.54, 1.807) is 7.11 Å². The molecule has 0 aliphatic heterocycles. The van der Waals surface area contributed by atoms with Crippen molar-refractivity contribution >= 4 is 6.29 Å². The third-order valence-corrected chi connectivity index (χ3v) is 3.81. The van der Waals surface area contributed by atoms with Gasteiger partial charge >= 0.3 is 0 Å². The van der Waals surface area contributed by atoms with Gasteiger partial charge in [0.1, 0.15) is 12.0 Å². The molecule has 1 saturated carbocycles. The van der Waals surface area contributed by atoms with Crippen LogP contribution in [0.4, 0.5) is 0 Å². The minimum atomic E-state index is 0.0706. The van der Waals surface area contributed by atoms with Crippen molar-refractivity contribution in [1.29, 1.82) is 0 Å². The Kier molecular flexibility index (Phi) is 4.18. The number of carbonyl (C=O) groups excluding carboxylic acids is 1. The van der Waals surface area contributed by atoms with Crippen molar-refractivity contribution in [3.05, 3.63) is 29.8 Å². The molecule has 0 aromatic heterocycles. The molecule has 0 N–H and O–H groups in total. The third kappa shape index (κ3) is 2.87. The SMILES string of the molecule is COc1ccc([C@H](C=O)C2CCCCC2)cc1. The van der Waals surface area contributed by atoms with Crippen molar-refractivity contribution in [2.24, 2.45) is 5.92 Å². The second-order valence-electron chi connectivity index (χ2n) is 4.83. The minimum absolute atomic E-state index is 0.0706. The first-order valence-corrected chi connectivity index (χ1v) is 6.44. The van der Waals surface area contributed by atoms with Gasteiger partial charge in [-0.05, 0) is 36.5 Å². The van der Waals surface area contributed by atoms with Gasteiger partial charge in [0, 0.05) is 5.92 Å². The molecule has 1 fully saturated rings. The third-order valence-electron chi connectivity index (χ3n) is 3.81. The summed E-state index contributed by atoms with van der Waals surface area (Å²) in [5.74, 6) is 1.46. The number of benzene rings is 1. The fraction of sp³-hybridized carbons (Fsp3) is 0.533. The van der Waals surface area contributed by atoms with E-state index in [2.05, 4.69) is 0 Å². The first-order valence-electron chi connectivity index (χ1n) is 6.44. The quantitative estimate of drug-likeness (QED) is 0.742. The summed E-state index contributed by atoms with van der Waals surface area (Å²) in [5.41, 5.74) is 1.13. The summed E-state index contributed by atoms with van der Waals surface area (Å²) < 4.78 is 5.14. The van der Waals surface area contributed by atoms with Gasteiger partial charge in [-0.15, -0.1) is 0 Å². The monoisotopic (exact) mass is 232 g/mol. The summed E-state index contributed by atoms with van der Waals surface area (Å²) >= 11 is 0. The zero-order valence-electron chi connectivity index (χ0n) is 10.4. The van der Waals surface area contributed by atoms with E-state index >= 15 is 0 Å². The number of hydrogen-bond donors (Lipinski definition) is 0. The van der Waals surface area contributed by atoms with Gasteiger partial charge in [0.05, 0.1) is 7.11 Å². The average Bonchev–Trinajstić information content (AvgIpc) is 2.42. The Labute approximate surface area is 103 Å². The largest absolute Gasteiger partial charge is 0.497 e. The fourth-order valence-corrected chi connectivity index (χ4v) is 2.78. The summed E-state index contributed by atoms with van der Waals surface area (Å²) in [5, 5.41) is 0. The Bertz CT molecular complexity index is 350. The van der Waals surface area contributed by atoms with E-state index in [4.69, 9.17) is 4.74 Å². The van der Waals surface area contributed by atoms with Crippen LogP contribution in [0.5, 0.6) is 5.75 Å².